The van der Waals surface area contributed by atoms with Crippen molar-refractivity contribution in [1.82, 2.24) is 29.9 Å². The summed E-state index contributed by atoms with van der Waals surface area (Å²) in [6, 6.07) is 5.92. The highest BCUT2D eigenvalue weighted by Gasteiger charge is 2.28. The fraction of sp³-hybridized carbons (Fsp3) is 0.458. The molecule has 32 heavy (non-hydrogen) atoms. The summed E-state index contributed by atoms with van der Waals surface area (Å²) in [4.78, 5) is 28.8. The second-order valence-electron chi connectivity index (χ2n) is 8.51. The average Bonchev–Trinajstić information content (AvgIpc) is 3.25. The molecule has 3 heterocycles. The summed E-state index contributed by atoms with van der Waals surface area (Å²) in [7, 11) is 0. The van der Waals surface area contributed by atoms with E-state index in [1.54, 1.807) is 12.4 Å². The molecule has 1 atom stereocenters. The monoisotopic (exact) mass is 433 g/mol. The van der Waals surface area contributed by atoms with Crippen molar-refractivity contribution >= 4 is 11.9 Å². The minimum Gasteiger partial charge on any atom is -0.339 e. The van der Waals surface area contributed by atoms with Crippen LogP contribution in [-0.2, 0) is 6.42 Å². The van der Waals surface area contributed by atoms with Crippen molar-refractivity contribution in [3.8, 4) is 5.69 Å². The standard InChI is InChI=1S/C24H31N7O/c1-5-6-21-18(3)16-25-24(28-21)29-12-9-19(4)30(14-13-29)23(32)20-15-17(2)7-8-22(20)31-26-10-11-27-31/h7-8,10-11,15-16,19H,5-6,9,12-14H2,1-4H3/t19-/m1/s1. The topological polar surface area (TPSA) is 80.0 Å². The Morgan fingerprint density at radius 2 is 1.91 bits per heavy atom. The number of aromatic nitrogens is 5. The van der Waals surface area contributed by atoms with Gasteiger partial charge in [-0.05, 0) is 51.3 Å². The predicted molar refractivity (Wildman–Crippen MR) is 124 cm³/mol. The van der Waals surface area contributed by atoms with E-state index in [1.807, 2.05) is 36.2 Å². The quantitative estimate of drug-likeness (QED) is 0.614. The Kier molecular flexibility index (Phi) is 6.48. The summed E-state index contributed by atoms with van der Waals surface area (Å²) in [5.41, 5.74) is 4.60. The van der Waals surface area contributed by atoms with Gasteiger partial charge in [0.2, 0.25) is 5.95 Å². The van der Waals surface area contributed by atoms with Gasteiger partial charge in [-0.3, -0.25) is 4.79 Å². The molecular formula is C24H31N7O. The number of carbonyl (C=O) groups is 1. The second-order valence-corrected chi connectivity index (χ2v) is 8.51. The van der Waals surface area contributed by atoms with Crippen LogP contribution in [0.1, 0.15) is 53.9 Å². The van der Waals surface area contributed by atoms with Crippen molar-refractivity contribution in [3.63, 3.8) is 0 Å². The van der Waals surface area contributed by atoms with Crippen molar-refractivity contribution < 1.29 is 4.79 Å². The van der Waals surface area contributed by atoms with E-state index in [4.69, 9.17) is 4.98 Å². The summed E-state index contributed by atoms with van der Waals surface area (Å²) < 4.78 is 0. The Hall–Kier alpha value is -3.29. The molecule has 0 N–H and O–H groups in total. The Labute approximate surface area is 189 Å². The average molecular weight is 434 g/mol. The number of nitrogens with zero attached hydrogens (tertiary/aromatic N) is 7. The minimum atomic E-state index is 0.00634. The summed E-state index contributed by atoms with van der Waals surface area (Å²) in [6.45, 7) is 10.5. The maximum Gasteiger partial charge on any atom is 0.256 e. The van der Waals surface area contributed by atoms with Gasteiger partial charge < -0.3 is 9.80 Å². The fourth-order valence-corrected chi connectivity index (χ4v) is 4.16. The number of amides is 1. The first-order valence-electron chi connectivity index (χ1n) is 11.3. The van der Waals surface area contributed by atoms with Crippen LogP contribution in [-0.4, -0.2) is 61.4 Å². The zero-order valence-electron chi connectivity index (χ0n) is 19.3. The van der Waals surface area contributed by atoms with Gasteiger partial charge in [0.1, 0.15) is 0 Å². The maximum atomic E-state index is 13.7. The molecule has 168 valence electrons. The van der Waals surface area contributed by atoms with Gasteiger partial charge in [0.25, 0.3) is 5.91 Å². The first-order valence-corrected chi connectivity index (χ1v) is 11.3. The Bertz CT molecular complexity index is 1080. The van der Waals surface area contributed by atoms with Crippen LogP contribution in [0.2, 0.25) is 0 Å². The fourth-order valence-electron chi connectivity index (χ4n) is 4.16. The molecule has 0 bridgehead atoms. The summed E-state index contributed by atoms with van der Waals surface area (Å²) in [6.07, 6.45) is 8.02. The van der Waals surface area contributed by atoms with Gasteiger partial charge in [0, 0.05) is 37.6 Å². The summed E-state index contributed by atoms with van der Waals surface area (Å²) in [5.74, 6) is 0.768. The van der Waals surface area contributed by atoms with Crippen LogP contribution >= 0.6 is 0 Å². The molecule has 0 aliphatic carbocycles. The Morgan fingerprint density at radius 3 is 2.66 bits per heavy atom. The van der Waals surface area contributed by atoms with E-state index in [2.05, 4.69) is 40.9 Å². The van der Waals surface area contributed by atoms with Gasteiger partial charge in [0.15, 0.2) is 0 Å². The molecule has 0 saturated carbocycles. The van der Waals surface area contributed by atoms with Crippen LogP contribution in [0.15, 0.2) is 36.8 Å². The second kappa shape index (κ2) is 9.46. The van der Waals surface area contributed by atoms with Gasteiger partial charge >= 0.3 is 0 Å². The number of aryl methyl sites for hydroxylation is 3. The smallest absolute Gasteiger partial charge is 0.256 e. The zero-order chi connectivity index (χ0) is 22.7. The summed E-state index contributed by atoms with van der Waals surface area (Å²) in [5, 5.41) is 8.47. The molecule has 1 aliphatic heterocycles. The number of carbonyl (C=O) groups excluding carboxylic acids is 1. The van der Waals surface area contributed by atoms with Crippen molar-refractivity contribution in [2.75, 3.05) is 24.5 Å². The van der Waals surface area contributed by atoms with Crippen molar-refractivity contribution in [2.45, 2.75) is 53.0 Å². The SMILES string of the molecule is CCCc1nc(N2CC[C@@H](C)N(C(=O)c3cc(C)ccc3-n3nccn3)CC2)ncc1C. The van der Waals surface area contributed by atoms with Crippen molar-refractivity contribution in [2.24, 2.45) is 0 Å². The molecule has 1 amide bonds. The van der Waals surface area contributed by atoms with Crippen LogP contribution in [0.4, 0.5) is 5.95 Å². The Morgan fingerprint density at radius 1 is 1.12 bits per heavy atom. The van der Waals surface area contributed by atoms with Gasteiger partial charge in [-0.25, -0.2) is 9.97 Å². The molecule has 0 unspecified atom stereocenters. The van der Waals surface area contributed by atoms with E-state index in [-0.39, 0.29) is 11.9 Å². The van der Waals surface area contributed by atoms with Gasteiger partial charge in [-0.15, -0.1) is 0 Å². The molecule has 3 aromatic rings. The molecule has 8 heteroatoms. The molecule has 1 aliphatic rings. The molecule has 0 spiro atoms. The zero-order valence-corrected chi connectivity index (χ0v) is 19.3. The summed E-state index contributed by atoms with van der Waals surface area (Å²) >= 11 is 0. The van der Waals surface area contributed by atoms with Gasteiger partial charge in [0.05, 0.1) is 23.6 Å². The molecular weight excluding hydrogens is 402 g/mol. The van der Waals surface area contributed by atoms with Crippen LogP contribution in [0.5, 0.6) is 0 Å². The minimum absolute atomic E-state index is 0.00634. The number of hydrogen-bond donors (Lipinski definition) is 0. The molecule has 1 saturated heterocycles. The molecule has 2 aromatic heterocycles. The van der Waals surface area contributed by atoms with Crippen LogP contribution in [0, 0.1) is 13.8 Å². The highest BCUT2D eigenvalue weighted by atomic mass is 16.2. The third-order valence-corrected chi connectivity index (χ3v) is 6.07. The number of anilines is 1. The lowest BCUT2D eigenvalue weighted by Gasteiger charge is -2.27. The van der Waals surface area contributed by atoms with Crippen LogP contribution in [0.25, 0.3) is 5.69 Å². The maximum absolute atomic E-state index is 13.7. The first kappa shape index (κ1) is 21.9. The Balaban J connectivity index is 1.57. The van der Waals surface area contributed by atoms with E-state index < -0.39 is 0 Å². The van der Waals surface area contributed by atoms with Gasteiger partial charge in [-0.2, -0.15) is 15.0 Å². The lowest BCUT2D eigenvalue weighted by Crippen LogP contribution is -2.40. The van der Waals surface area contributed by atoms with Crippen molar-refractivity contribution in [1.29, 1.82) is 0 Å². The van der Waals surface area contributed by atoms with E-state index in [1.165, 1.54) is 4.80 Å². The number of benzene rings is 1. The number of rotatable bonds is 5. The third-order valence-electron chi connectivity index (χ3n) is 6.07. The largest absolute Gasteiger partial charge is 0.339 e. The molecule has 1 aromatic carbocycles. The third kappa shape index (κ3) is 4.49. The lowest BCUT2D eigenvalue weighted by atomic mass is 10.1. The lowest BCUT2D eigenvalue weighted by molar-refractivity contribution is 0.0704. The highest BCUT2D eigenvalue weighted by molar-refractivity contribution is 5.98. The predicted octanol–water partition coefficient (Wildman–Crippen LogP) is 3.37. The van der Waals surface area contributed by atoms with Gasteiger partial charge in [-0.1, -0.05) is 25.0 Å². The molecule has 4 rings (SSSR count). The normalized spacial score (nSPS) is 16.8. The van der Waals surface area contributed by atoms with Crippen molar-refractivity contribution in [3.05, 3.63) is 59.2 Å². The van der Waals surface area contributed by atoms with E-state index >= 15 is 0 Å². The molecule has 0 radical (unpaired) electrons. The first-order chi connectivity index (χ1) is 15.5. The van der Waals surface area contributed by atoms with Crippen LogP contribution in [0.3, 0.4) is 0 Å². The highest BCUT2D eigenvalue weighted by Crippen LogP contribution is 2.22. The van der Waals surface area contributed by atoms with E-state index in [0.717, 1.165) is 48.6 Å². The number of hydrogen-bond acceptors (Lipinski definition) is 6. The molecule has 1 fully saturated rings. The van der Waals surface area contributed by atoms with E-state index in [0.29, 0.717) is 24.3 Å². The van der Waals surface area contributed by atoms with Crippen LogP contribution < -0.4 is 4.90 Å². The molecule has 8 nitrogen and oxygen atoms in total. The van der Waals surface area contributed by atoms with E-state index in [9.17, 15) is 4.79 Å².